The zero-order valence-electron chi connectivity index (χ0n) is 18.6. The number of ether oxygens (including phenoxy) is 2. The summed E-state index contributed by atoms with van der Waals surface area (Å²) in [7, 11) is 6.02. The van der Waals surface area contributed by atoms with Crippen LogP contribution in [0.15, 0.2) is 54.1 Å². The number of allylic oxidation sites excluding steroid dienone is 1. The lowest BCUT2D eigenvalue weighted by atomic mass is 9.73. The number of benzene rings is 2. The zero-order valence-corrected chi connectivity index (χ0v) is 18.6. The lowest BCUT2D eigenvalue weighted by Crippen LogP contribution is -2.29. The average molecular weight is 408 g/mol. The highest BCUT2D eigenvalue weighted by molar-refractivity contribution is 5.90. The molecule has 160 valence electrons. The fourth-order valence-corrected chi connectivity index (χ4v) is 4.41. The maximum atomic E-state index is 12.1. The Morgan fingerprint density at radius 3 is 2.70 bits per heavy atom. The second kappa shape index (κ2) is 10.4. The summed E-state index contributed by atoms with van der Waals surface area (Å²) in [6.07, 6.45) is 5.52. The molecule has 3 rings (SSSR count). The third kappa shape index (κ3) is 5.73. The first-order valence-electron chi connectivity index (χ1n) is 10.8. The number of carbonyl (C=O) groups is 1. The van der Waals surface area contributed by atoms with Crippen molar-refractivity contribution in [1.29, 1.82) is 0 Å². The number of hydrogen-bond acceptors (Lipinski definition) is 4. The minimum absolute atomic E-state index is 0.262. The first kappa shape index (κ1) is 22.1. The molecule has 2 aromatic rings. The van der Waals surface area contributed by atoms with E-state index in [2.05, 4.69) is 49.3 Å². The molecule has 30 heavy (non-hydrogen) atoms. The molecule has 0 saturated heterocycles. The van der Waals surface area contributed by atoms with Gasteiger partial charge in [-0.3, -0.25) is 0 Å². The topological polar surface area (TPSA) is 38.8 Å². The molecule has 0 aliphatic heterocycles. The molecule has 1 aliphatic carbocycles. The molecule has 4 nitrogen and oxygen atoms in total. The van der Waals surface area contributed by atoms with E-state index in [4.69, 9.17) is 9.47 Å². The van der Waals surface area contributed by atoms with Crippen LogP contribution in [0.3, 0.4) is 0 Å². The van der Waals surface area contributed by atoms with Gasteiger partial charge in [-0.2, -0.15) is 0 Å². The summed E-state index contributed by atoms with van der Waals surface area (Å²) in [5.41, 5.74) is 4.44. The van der Waals surface area contributed by atoms with Crippen molar-refractivity contribution in [3.8, 4) is 5.75 Å². The molecule has 1 fully saturated rings. The molecule has 0 spiro atoms. The molecule has 0 heterocycles. The average Bonchev–Trinajstić information content (AvgIpc) is 2.75. The lowest BCUT2D eigenvalue weighted by molar-refractivity contribution is 0.0526. The molecule has 0 N–H and O–H groups in total. The van der Waals surface area contributed by atoms with E-state index in [0.717, 1.165) is 37.1 Å². The summed E-state index contributed by atoms with van der Waals surface area (Å²) in [5.74, 6) is 1.71. The monoisotopic (exact) mass is 407 g/mol. The van der Waals surface area contributed by atoms with Crippen LogP contribution >= 0.6 is 0 Å². The van der Waals surface area contributed by atoms with E-state index in [1.807, 2.05) is 31.2 Å². The van der Waals surface area contributed by atoms with Gasteiger partial charge in [0.15, 0.2) is 0 Å². The number of rotatable bonds is 7. The summed E-state index contributed by atoms with van der Waals surface area (Å²) >= 11 is 0. The maximum absolute atomic E-state index is 12.1. The Bertz CT molecular complexity index is 887. The standard InChI is InChI=1S/C26H33NO3/c1-5-30-26(28)22-10-6-8-19(15-22)14-20-12-13-23(18-27(2)3)25(16-20)21-9-7-11-24(17-21)29-4/h6-11,14-15,17,23,25H,5,12-13,16,18H2,1-4H3/b20-14-. The highest BCUT2D eigenvalue weighted by atomic mass is 16.5. The predicted molar refractivity (Wildman–Crippen MR) is 122 cm³/mol. The van der Waals surface area contributed by atoms with Gasteiger partial charge < -0.3 is 14.4 Å². The van der Waals surface area contributed by atoms with Crippen LogP contribution in [0, 0.1) is 5.92 Å². The van der Waals surface area contributed by atoms with E-state index < -0.39 is 0 Å². The molecule has 1 saturated carbocycles. The van der Waals surface area contributed by atoms with Gasteiger partial charge >= 0.3 is 5.97 Å². The fourth-order valence-electron chi connectivity index (χ4n) is 4.41. The van der Waals surface area contributed by atoms with E-state index in [-0.39, 0.29) is 5.97 Å². The fraction of sp³-hybridized carbons (Fsp3) is 0.423. The number of nitrogens with zero attached hydrogens (tertiary/aromatic N) is 1. The molecule has 2 atom stereocenters. The Kier molecular flexibility index (Phi) is 7.69. The first-order chi connectivity index (χ1) is 14.5. The smallest absolute Gasteiger partial charge is 0.338 e. The lowest BCUT2D eigenvalue weighted by Gasteiger charge is -2.35. The third-order valence-corrected chi connectivity index (χ3v) is 5.78. The zero-order chi connectivity index (χ0) is 21.5. The Morgan fingerprint density at radius 2 is 1.97 bits per heavy atom. The molecule has 1 aliphatic rings. The van der Waals surface area contributed by atoms with E-state index in [1.54, 1.807) is 7.11 Å². The molecule has 0 radical (unpaired) electrons. The van der Waals surface area contributed by atoms with Gasteiger partial charge in [-0.15, -0.1) is 0 Å². The summed E-state index contributed by atoms with van der Waals surface area (Å²) in [6.45, 7) is 3.29. The largest absolute Gasteiger partial charge is 0.497 e. The predicted octanol–water partition coefficient (Wildman–Crippen LogP) is 5.40. The first-order valence-corrected chi connectivity index (χ1v) is 10.8. The quantitative estimate of drug-likeness (QED) is 0.576. The van der Waals surface area contributed by atoms with Gasteiger partial charge in [0.1, 0.15) is 5.75 Å². The number of carbonyl (C=O) groups excluding carboxylic acids is 1. The molecule has 4 heteroatoms. The maximum Gasteiger partial charge on any atom is 0.338 e. The highest BCUT2D eigenvalue weighted by Crippen LogP contribution is 2.42. The van der Waals surface area contributed by atoms with Crippen molar-refractivity contribution >= 4 is 12.0 Å². The van der Waals surface area contributed by atoms with E-state index >= 15 is 0 Å². The summed E-state index contributed by atoms with van der Waals surface area (Å²) in [4.78, 5) is 14.4. The summed E-state index contributed by atoms with van der Waals surface area (Å²) < 4.78 is 10.6. The van der Waals surface area contributed by atoms with Crippen molar-refractivity contribution in [3.05, 3.63) is 70.8 Å². The van der Waals surface area contributed by atoms with Crippen LogP contribution in [0.5, 0.6) is 5.75 Å². The van der Waals surface area contributed by atoms with E-state index in [9.17, 15) is 4.79 Å². The number of methoxy groups -OCH3 is 1. The second-order valence-electron chi connectivity index (χ2n) is 8.30. The van der Waals surface area contributed by atoms with Crippen LogP contribution in [0.25, 0.3) is 6.08 Å². The van der Waals surface area contributed by atoms with Crippen molar-refractivity contribution in [3.63, 3.8) is 0 Å². The molecule has 2 unspecified atom stereocenters. The van der Waals surface area contributed by atoms with Gasteiger partial charge in [0.2, 0.25) is 0 Å². The van der Waals surface area contributed by atoms with Crippen molar-refractivity contribution in [1.82, 2.24) is 4.90 Å². The van der Waals surface area contributed by atoms with Gasteiger partial charge in [-0.05, 0) is 87.5 Å². The van der Waals surface area contributed by atoms with Crippen molar-refractivity contribution < 1.29 is 14.3 Å². The molecule has 0 amide bonds. The third-order valence-electron chi connectivity index (χ3n) is 5.78. The summed E-state index contributed by atoms with van der Waals surface area (Å²) in [6, 6.07) is 16.2. The van der Waals surface area contributed by atoms with Crippen LogP contribution < -0.4 is 4.74 Å². The molecular weight excluding hydrogens is 374 g/mol. The number of esters is 1. The van der Waals surface area contributed by atoms with E-state index in [0.29, 0.717) is 24.0 Å². The normalized spacial score (nSPS) is 20.4. The SMILES string of the molecule is CCOC(=O)c1cccc(/C=C2/CCC(CN(C)C)C(c3cccc(OC)c3)C2)c1. The van der Waals surface area contributed by atoms with Crippen LogP contribution in [-0.4, -0.2) is 45.2 Å². The van der Waals surface area contributed by atoms with Gasteiger partial charge in [-0.1, -0.05) is 35.9 Å². The van der Waals surface area contributed by atoms with Crippen molar-refractivity contribution in [2.45, 2.75) is 32.1 Å². The van der Waals surface area contributed by atoms with Gasteiger partial charge in [0, 0.05) is 6.54 Å². The Balaban J connectivity index is 1.85. The van der Waals surface area contributed by atoms with Gasteiger partial charge in [-0.25, -0.2) is 4.79 Å². The van der Waals surface area contributed by atoms with Crippen LogP contribution in [0.4, 0.5) is 0 Å². The Hall–Kier alpha value is -2.59. The van der Waals surface area contributed by atoms with Gasteiger partial charge in [0.05, 0.1) is 19.3 Å². The van der Waals surface area contributed by atoms with E-state index in [1.165, 1.54) is 11.1 Å². The second-order valence-corrected chi connectivity index (χ2v) is 8.30. The molecule has 0 aromatic heterocycles. The molecular formula is C26H33NO3. The van der Waals surface area contributed by atoms with Crippen molar-refractivity contribution in [2.24, 2.45) is 5.92 Å². The molecule has 0 bridgehead atoms. The Morgan fingerprint density at radius 1 is 1.17 bits per heavy atom. The van der Waals surface area contributed by atoms with Gasteiger partial charge in [0.25, 0.3) is 0 Å². The number of hydrogen-bond donors (Lipinski definition) is 0. The van der Waals surface area contributed by atoms with Crippen molar-refractivity contribution in [2.75, 3.05) is 34.4 Å². The van der Waals surface area contributed by atoms with Crippen LogP contribution in [-0.2, 0) is 4.74 Å². The minimum atomic E-state index is -0.262. The van der Waals surface area contributed by atoms with Crippen LogP contribution in [0.1, 0.15) is 53.6 Å². The van der Waals surface area contributed by atoms with Crippen LogP contribution in [0.2, 0.25) is 0 Å². The Labute approximate surface area is 180 Å². The summed E-state index contributed by atoms with van der Waals surface area (Å²) in [5, 5.41) is 0. The molecule has 2 aromatic carbocycles. The minimum Gasteiger partial charge on any atom is -0.497 e. The highest BCUT2D eigenvalue weighted by Gasteiger charge is 2.29.